The minimum atomic E-state index is -0.847. The quantitative estimate of drug-likeness (QED) is 0.901. The van der Waals surface area contributed by atoms with E-state index in [-0.39, 0.29) is 11.3 Å². The number of ether oxygens (including phenoxy) is 1. The first-order valence-corrected chi connectivity index (χ1v) is 8.20. The van der Waals surface area contributed by atoms with E-state index in [0.29, 0.717) is 5.92 Å². The third kappa shape index (κ3) is 3.18. The van der Waals surface area contributed by atoms with E-state index >= 15 is 0 Å². The van der Waals surface area contributed by atoms with Crippen molar-refractivity contribution < 1.29 is 8.95 Å². The van der Waals surface area contributed by atoms with Crippen LogP contribution in [0.15, 0.2) is 18.2 Å². The van der Waals surface area contributed by atoms with E-state index in [4.69, 9.17) is 10.5 Å². The molecule has 1 aromatic carbocycles. The average molecular weight is 281 g/mol. The Bertz CT molecular complexity index is 473. The molecule has 3 unspecified atom stereocenters. The van der Waals surface area contributed by atoms with Gasteiger partial charge < -0.3 is 10.5 Å². The van der Waals surface area contributed by atoms with Gasteiger partial charge in [-0.1, -0.05) is 19.9 Å². The Morgan fingerprint density at radius 2 is 2.21 bits per heavy atom. The summed E-state index contributed by atoms with van der Waals surface area (Å²) in [6.07, 6.45) is 1.82. The predicted octanol–water partition coefficient (Wildman–Crippen LogP) is 2.41. The molecule has 1 aliphatic rings. The normalized spacial score (nSPS) is 23.4. The Morgan fingerprint density at radius 3 is 2.84 bits per heavy atom. The topological polar surface area (TPSA) is 52.3 Å². The second-order valence-corrected chi connectivity index (χ2v) is 7.38. The van der Waals surface area contributed by atoms with Crippen LogP contribution in [0.5, 0.6) is 5.75 Å². The van der Waals surface area contributed by atoms with Gasteiger partial charge in [0.15, 0.2) is 0 Å². The Kier molecular flexibility index (Phi) is 4.63. The van der Waals surface area contributed by atoms with Gasteiger partial charge in [0, 0.05) is 22.6 Å². The molecule has 1 aliphatic carbocycles. The van der Waals surface area contributed by atoms with Gasteiger partial charge in [-0.05, 0) is 42.0 Å². The molecular weight excluding hydrogens is 258 g/mol. The van der Waals surface area contributed by atoms with E-state index in [2.05, 4.69) is 13.8 Å². The fourth-order valence-electron chi connectivity index (χ4n) is 2.50. The van der Waals surface area contributed by atoms with Crippen LogP contribution >= 0.6 is 0 Å². The van der Waals surface area contributed by atoms with Gasteiger partial charge in [0.25, 0.3) is 0 Å². The summed E-state index contributed by atoms with van der Waals surface area (Å²) in [5.41, 5.74) is 8.59. The number of methoxy groups -OCH3 is 1. The van der Waals surface area contributed by atoms with Gasteiger partial charge in [-0.15, -0.1) is 0 Å². The number of hydrogen-bond donors (Lipinski definition) is 1. The molecule has 2 N–H and O–H groups in total. The van der Waals surface area contributed by atoms with Crippen LogP contribution in [0, 0.1) is 5.92 Å². The maximum atomic E-state index is 12.4. The zero-order valence-electron chi connectivity index (χ0n) is 11.9. The summed E-state index contributed by atoms with van der Waals surface area (Å²) >= 11 is 0. The first-order valence-electron chi connectivity index (χ1n) is 6.82. The van der Waals surface area contributed by atoms with Crippen LogP contribution in [-0.2, 0) is 17.2 Å². The van der Waals surface area contributed by atoms with Crippen molar-refractivity contribution in [3.05, 3.63) is 29.3 Å². The molecule has 2 rings (SSSR count). The SMILES string of the molecule is COc1ccc2c(c1)C(N)C(S(=O)CCC(C)C)C2. The van der Waals surface area contributed by atoms with Crippen molar-refractivity contribution in [2.75, 3.05) is 12.9 Å². The standard InChI is InChI=1S/C15H23NO2S/c1-10(2)6-7-19(17)14-8-11-4-5-12(18-3)9-13(11)15(14)16/h4-5,9-10,14-15H,6-8,16H2,1-3H3. The monoisotopic (exact) mass is 281 g/mol. The number of benzene rings is 1. The summed E-state index contributed by atoms with van der Waals surface area (Å²) in [5.74, 6) is 2.16. The van der Waals surface area contributed by atoms with Crippen LogP contribution in [0.1, 0.15) is 37.4 Å². The number of fused-ring (bicyclic) bond motifs is 1. The van der Waals surface area contributed by atoms with Gasteiger partial charge in [0.05, 0.1) is 12.4 Å². The van der Waals surface area contributed by atoms with Crippen LogP contribution in [0.3, 0.4) is 0 Å². The summed E-state index contributed by atoms with van der Waals surface area (Å²) in [6, 6.07) is 5.86. The maximum Gasteiger partial charge on any atom is 0.119 e. The molecule has 0 saturated heterocycles. The molecule has 0 heterocycles. The zero-order valence-corrected chi connectivity index (χ0v) is 12.7. The summed E-state index contributed by atoms with van der Waals surface area (Å²) in [6.45, 7) is 4.32. The lowest BCUT2D eigenvalue weighted by molar-refractivity contribution is 0.414. The van der Waals surface area contributed by atoms with Crippen molar-refractivity contribution in [2.24, 2.45) is 11.7 Å². The highest BCUT2D eigenvalue weighted by Gasteiger charge is 2.33. The minimum Gasteiger partial charge on any atom is -0.497 e. The lowest BCUT2D eigenvalue weighted by Gasteiger charge is -2.16. The molecule has 19 heavy (non-hydrogen) atoms. The molecule has 3 atom stereocenters. The highest BCUT2D eigenvalue weighted by atomic mass is 32.2. The molecule has 0 radical (unpaired) electrons. The van der Waals surface area contributed by atoms with Gasteiger partial charge in [-0.25, -0.2) is 0 Å². The largest absolute Gasteiger partial charge is 0.497 e. The van der Waals surface area contributed by atoms with E-state index < -0.39 is 10.8 Å². The van der Waals surface area contributed by atoms with Crippen LogP contribution < -0.4 is 10.5 Å². The maximum absolute atomic E-state index is 12.4. The van der Waals surface area contributed by atoms with E-state index in [1.807, 2.05) is 18.2 Å². The summed E-state index contributed by atoms with van der Waals surface area (Å²) in [7, 11) is 0.807. The molecule has 0 spiro atoms. The molecule has 3 nitrogen and oxygen atoms in total. The molecular formula is C15H23NO2S. The molecule has 4 heteroatoms. The highest BCUT2D eigenvalue weighted by molar-refractivity contribution is 7.85. The van der Waals surface area contributed by atoms with Crippen LogP contribution in [-0.4, -0.2) is 22.3 Å². The molecule has 0 aliphatic heterocycles. The number of rotatable bonds is 5. The summed E-state index contributed by atoms with van der Waals surface area (Å²) in [5, 5.41) is 0.0563. The van der Waals surface area contributed by atoms with Crippen molar-refractivity contribution >= 4 is 10.8 Å². The molecule has 0 amide bonds. The van der Waals surface area contributed by atoms with E-state index in [0.717, 1.165) is 29.9 Å². The third-order valence-electron chi connectivity index (χ3n) is 3.77. The van der Waals surface area contributed by atoms with E-state index in [9.17, 15) is 4.21 Å². The fraction of sp³-hybridized carbons (Fsp3) is 0.600. The molecule has 106 valence electrons. The van der Waals surface area contributed by atoms with Crippen molar-refractivity contribution in [1.82, 2.24) is 0 Å². The lowest BCUT2D eigenvalue weighted by Crippen LogP contribution is -2.28. The van der Waals surface area contributed by atoms with Crippen LogP contribution in [0.25, 0.3) is 0 Å². The Balaban J connectivity index is 2.10. The van der Waals surface area contributed by atoms with Crippen molar-refractivity contribution in [2.45, 2.75) is 38.0 Å². The second kappa shape index (κ2) is 6.06. The molecule has 0 saturated carbocycles. The third-order valence-corrected chi connectivity index (χ3v) is 5.54. The number of nitrogens with two attached hydrogens (primary N) is 1. The molecule has 1 aromatic rings. The van der Waals surface area contributed by atoms with Gasteiger partial charge in [0.2, 0.25) is 0 Å². The van der Waals surface area contributed by atoms with Crippen LogP contribution in [0.2, 0.25) is 0 Å². The van der Waals surface area contributed by atoms with Crippen LogP contribution in [0.4, 0.5) is 0 Å². The van der Waals surface area contributed by atoms with Crippen molar-refractivity contribution in [3.63, 3.8) is 0 Å². The minimum absolute atomic E-state index is 0.0563. The Morgan fingerprint density at radius 1 is 1.47 bits per heavy atom. The molecule has 0 fully saturated rings. The average Bonchev–Trinajstić information content (AvgIpc) is 2.73. The molecule has 0 bridgehead atoms. The zero-order chi connectivity index (χ0) is 14.0. The van der Waals surface area contributed by atoms with E-state index in [1.165, 1.54) is 5.56 Å². The first-order chi connectivity index (χ1) is 9.02. The van der Waals surface area contributed by atoms with Gasteiger partial charge in [0.1, 0.15) is 5.75 Å². The lowest BCUT2D eigenvalue weighted by atomic mass is 10.1. The number of hydrogen-bond acceptors (Lipinski definition) is 3. The van der Waals surface area contributed by atoms with Gasteiger partial charge >= 0.3 is 0 Å². The fourth-order valence-corrected chi connectivity index (χ4v) is 4.35. The smallest absolute Gasteiger partial charge is 0.119 e. The first kappa shape index (κ1) is 14.5. The van der Waals surface area contributed by atoms with Gasteiger partial charge in [-0.2, -0.15) is 0 Å². The summed E-state index contributed by atoms with van der Waals surface area (Å²) < 4.78 is 17.6. The van der Waals surface area contributed by atoms with Gasteiger partial charge in [-0.3, -0.25) is 4.21 Å². The van der Waals surface area contributed by atoms with Crippen molar-refractivity contribution in [1.29, 1.82) is 0 Å². The van der Waals surface area contributed by atoms with E-state index in [1.54, 1.807) is 7.11 Å². The van der Waals surface area contributed by atoms with Crippen molar-refractivity contribution in [3.8, 4) is 5.75 Å². The predicted molar refractivity (Wildman–Crippen MR) is 79.9 cm³/mol. The summed E-state index contributed by atoms with van der Waals surface area (Å²) in [4.78, 5) is 0. The Labute approximate surface area is 118 Å². The second-order valence-electron chi connectivity index (χ2n) is 5.60. The molecule has 0 aromatic heterocycles. The highest BCUT2D eigenvalue weighted by Crippen LogP contribution is 2.35. The Hall–Kier alpha value is -0.870.